The summed E-state index contributed by atoms with van der Waals surface area (Å²) in [5.41, 5.74) is 1.83. The number of hydrogen-bond donors (Lipinski definition) is 0. The first-order valence-electron chi connectivity index (χ1n) is 6.20. The molecule has 18 heavy (non-hydrogen) atoms. The summed E-state index contributed by atoms with van der Waals surface area (Å²) in [6, 6.07) is 15.5. The third-order valence-electron chi connectivity index (χ3n) is 2.74. The van der Waals surface area contributed by atoms with Crippen LogP contribution in [0.15, 0.2) is 42.5 Å². The highest BCUT2D eigenvalue weighted by atomic mass is 19.1. The van der Waals surface area contributed by atoms with E-state index >= 15 is 0 Å². The van der Waals surface area contributed by atoms with Gasteiger partial charge in [-0.25, -0.2) is 4.39 Å². The fraction of sp³-hybridized carbons (Fsp3) is 0.250. The van der Waals surface area contributed by atoms with E-state index in [9.17, 15) is 4.39 Å². The molecule has 0 aliphatic heterocycles. The Morgan fingerprint density at radius 3 is 2.56 bits per heavy atom. The summed E-state index contributed by atoms with van der Waals surface area (Å²) in [5.74, 6) is 0.0196. The highest BCUT2D eigenvalue weighted by molar-refractivity contribution is 5.64. The van der Waals surface area contributed by atoms with Crippen molar-refractivity contribution in [2.24, 2.45) is 0 Å². The second-order valence-corrected chi connectivity index (χ2v) is 4.14. The largest absolute Gasteiger partial charge is 0.491 e. The van der Waals surface area contributed by atoms with Crippen molar-refractivity contribution < 1.29 is 9.13 Å². The first-order valence-corrected chi connectivity index (χ1v) is 6.20. The van der Waals surface area contributed by atoms with Gasteiger partial charge in [-0.1, -0.05) is 43.7 Å². The fourth-order valence-corrected chi connectivity index (χ4v) is 1.70. The molecule has 0 amide bonds. The molecule has 0 aliphatic carbocycles. The SMILES string of the molecule is CCCCOc1ccc(-c2cc[c]cc2)cc1F. The van der Waals surface area contributed by atoms with Crippen LogP contribution in [0.5, 0.6) is 5.75 Å². The topological polar surface area (TPSA) is 9.23 Å². The quantitative estimate of drug-likeness (QED) is 0.704. The number of rotatable bonds is 5. The van der Waals surface area contributed by atoms with Crippen LogP contribution in [0.4, 0.5) is 4.39 Å². The second kappa shape index (κ2) is 6.20. The minimum absolute atomic E-state index is 0.309. The number of hydrogen-bond acceptors (Lipinski definition) is 1. The Balaban J connectivity index is 2.15. The average molecular weight is 243 g/mol. The molecule has 0 aromatic heterocycles. The lowest BCUT2D eigenvalue weighted by atomic mass is 10.1. The summed E-state index contributed by atoms with van der Waals surface area (Å²) in [5, 5.41) is 0. The monoisotopic (exact) mass is 243 g/mol. The van der Waals surface area contributed by atoms with E-state index in [1.165, 1.54) is 6.07 Å². The van der Waals surface area contributed by atoms with Gasteiger partial charge in [-0.05, 0) is 35.7 Å². The molecule has 0 heterocycles. The van der Waals surface area contributed by atoms with Gasteiger partial charge in [0.05, 0.1) is 6.61 Å². The van der Waals surface area contributed by atoms with Crippen LogP contribution in [-0.4, -0.2) is 6.61 Å². The molecule has 0 saturated heterocycles. The molecule has 0 atom stereocenters. The summed E-state index contributed by atoms with van der Waals surface area (Å²) in [7, 11) is 0. The van der Waals surface area contributed by atoms with Gasteiger partial charge in [0.25, 0.3) is 0 Å². The lowest BCUT2D eigenvalue weighted by Crippen LogP contribution is -1.98. The second-order valence-electron chi connectivity index (χ2n) is 4.14. The van der Waals surface area contributed by atoms with Gasteiger partial charge in [-0.3, -0.25) is 0 Å². The maximum Gasteiger partial charge on any atom is 0.165 e. The highest BCUT2D eigenvalue weighted by Gasteiger charge is 2.05. The Labute approximate surface area is 107 Å². The molecule has 2 aromatic carbocycles. The lowest BCUT2D eigenvalue weighted by Gasteiger charge is -2.08. The summed E-state index contributed by atoms with van der Waals surface area (Å²) >= 11 is 0. The number of benzene rings is 2. The molecule has 0 spiro atoms. The first-order chi connectivity index (χ1) is 8.81. The van der Waals surface area contributed by atoms with Crippen LogP contribution >= 0.6 is 0 Å². The van der Waals surface area contributed by atoms with Crippen molar-refractivity contribution in [3.8, 4) is 16.9 Å². The minimum Gasteiger partial charge on any atom is -0.491 e. The van der Waals surface area contributed by atoms with Crippen LogP contribution in [0.1, 0.15) is 19.8 Å². The zero-order valence-corrected chi connectivity index (χ0v) is 10.4. The van der Waals surface area contributed by atoms with E-state index in [4.69, 9.17) is 4.74 Å². The third kappa shape index (κ3) is 3.10. The molecule has 0 saturated carbocycles. The van der Waals surface area contributed by atoms with Crippen molar-refractivity contribution in [3.63, 3.8) is 0 Å². The van der Waals surface area contributed by atoms with Crippen molar-refractivity contribution >= 4 is 0 Å². The van der Waals surface area contributed by atoms with Crippen LogP contribution < -0.4 is 4.74 Å². The lowest BCUT2D eigenvalue weighted by molar-refractivity contribution is 0.294. The van der Waals surface area contributed by atoms with Crippen molar-refractivity contribution in [2.45, 2.75) is 19.8 Å². The third-order valence-corrected chi connectivity index (χ3v) is 2.74. The van der Waals surface area contributed by atoms with Gasteiger partial charge in [-0.2, -0.15) is 0 Å². The summed E-state index contributed by atoms with van der Waals surface area (Å²) in [6.07, 6.45) is 1.98. The zero-order chi connectivity index (χ0) is 12.8. The maximum atomic E-state index is 13.8. The van der Waals surface area contributed by atoms with Gasteiger partial charge in [0, 0.05) is 0 Å². The predicted molar refractivity (Wildman–Crippen MR) is 71.1 cm³/mol. The zero-order valence-electron chi connectivity index (χ0n) is 10.4. The maximum absolute atomic E-state index is 13.8. The van der Waals surface area contributed by atoms with E-state index in [0.29, 0.717) is 12.4 Å². The molecule has 0 N–H and O–H groups in total. The molecule has 0 bridgehead atoms. The summed E-state index contributed by atoms with van der Waals surface area (Å²) in [6.45, 7) is 2.64. The first kappa shape index (κ1) is 12.6. The number of ether oxygens (including phenoxy) is 1. The van der Waals surface area contributed by atoms with Gasteiger partial charge in [0.2, 0.25) is 0 Å². The van der Waals surface area contributed by atoms with Crippen molar-refractivity contribution in [1.29, 1.82) is 0 Å². The van der Waals surface area contributed by atoms with E-state index in [0.717, 1.165) is 24.0 Å². The number of halogens is 1. The molecule has 93 valence electrons. The van der Waals surface area contributed by atoms with Crippen molar-refractivity contribution in [2.75, 3.05) is 6.61 Å². The molecule has 0 fully saturated rings. The van der Waals surface area contributed by atoms with Crippen molar-refractivity contribution in [1.82, 2.24) is 0 Å². The van der Waals surface area contributed by atoms with E-state index in [2.05, 4.69) is 13.0 Å². The molecule has 1 nitrogen and oxygen atoms in total. The van der Waals surface area contributed by atoms with Gasteiger partial charge in [-0.15, -0.1) is 0 Å². The van der Waals surface area contributed by atoms with Gasteiger partial charge >= 0.3 is 0 Å². The molecule has 0 unspecified atom stereocenters. The van der Waals surface area contributed by atoms with E-state index in [1.54, 1.807) is 6.07 Å². The molecule has 2 rings (SSSR count). The van der Waals surface area contributed by atoms with E-state index < -0.39 is 0 Å². The Hall–Kier alpha value is -1.83. The number of unbranched alkanes of at least 4 members (excludes halogenated alkanes) is 1. The normalized spacial score (nSPS) is 10.3. The summed E-state index contributed by atoms with van der Waals surface area (Å²) in [4.78, 5) is 0. The Morgan fingerprint density at radius 2 is 1.89 bits per heavy atom. The summed E-state index contributed by atoms with van der Waals surface area (Å²) < 4.78 is 19.2. The molecule has 1 radical (unpaired) electrons. The van der Waals surface area contributed by atoms with Crippen LogP contribution in [0, 0.1) is 11.9 Å². The Kier molecular flexibility index (Phi) is 4.35. The average Bonchev–Trinajstić information content (AvgIpc) is 2.42. The Bertz CT molecular complexity index is 494. The molecule has 2 heteroatoms. The van der Waals surface area contributed by atoms with Crippen LogP contribution in [-0.2, 0) is 0 Å². The van der Waals surface area contributed by atoms with Gasteiger partial charge in [0.1, 0.15) is 0 Å². The molecular formula is C16H16FO. The smallest absolute Gasteiger partial charge is 0.165 e. The van der Waals surface area contributed by atoms with Crippen molar-refractivity contribution in [3.05, 3.63) is 54.3 Å². The molecule has 0 aliphatic rings. The van der Waals surface area contributed by atoms with Crippen LogP contribution in [0.3, 0.4) is 0 Å². The van der Waals surface area contributed by atoms with Crippen LogP contribution in [0.25, 0.3) is 11.1 Å². The van der Waals surface area contributed by atoms with Crippen LogP contribution in [0.2, 0.25) is 0 Å². The standard InChI is InChI=1S/C16H16FO/c1-2-3-11-18-16-10-9-14(12-15(16)17)13-7-5-4-6-8-13/h5-10,12H,2-3,11H2,1H3. The van der Waals surface area contributed by atoms with Gasteiger partial charge in [0.15, 0.2) is 11.6 Å². The van der Waals surface area contributed by atoms with Gasteiger partial charge < -0.3 is 4.74 Å². The van der Waals surface area contributed by atoms with E-state index in [-0.39, 0.29) is 5.82 Å². The fourth-order valence-electron chi connectivity index (χ4n) is 1.70. The highest BCUT2D eigenvalue weighted by Crippen LogP contribution is 2.25. The Morgan fingerprint density at radius 1 is 1.11 bits per heavy atom. The molecule has 2 aromatic rings. The minimum atomic E-state index is -0.309. The predicted octanol–water partition coefficient (Wildman–Crippen LogP) is 4.47. The van der Waals surface area contributed by atoms with E-state index in [1.807, 2.05) is 30.3 Å². The molecular weight excluding hydrogens is 227 g/mol.